The van der Waals surface area contributed by atoms with Gasteiger partial charge in [0.15, 0.2) is 12.4 Å². The van der Waals surface area contributed by atoms with Crippen molar-refractivity contribution in [2.24, 2.45) is 11.8 Å². The highest BCUT2D eigenvalue weighted by Gasteiger charge is 2.47. The van der Waals surface area contributed by atoms with E-state index in [0.717, 1.165) is 5.56 Å². The molecule has 1 saturated heterocycles. The Morgan fingerprint density at radius 3 is 2.23 bits per heavy atom. The topological polar surface area (TPSA) is 93.6 Å². The van der Waals surface area contributed by atoms with Gasteiger partial charge >= 0.3 is 5.97 Å². The minimum Gasteiger partial charge on any atom is -0.454 e. The predicted octanol–water partition coefficient (Wildman–Crippen LogP) is 5.71. The second kappa shape index (κ2) is 10.3. The lowest BCUT2D eigenvalue weighted by molar-refractivity contribution is -0.122. The number of fused-ring (bicyclic) bond motifs is 2. The molecule has 0 saturated carbocycles. The molecule has 7 nitrogen and oxygen atoms in total. The van der Waals surface area contributed by atoms with Gasteiger partial charge in [0.05, 0.1) is 34.3 Å². The van der Waals surface area contributed by atoms with Crippen LogP contribution in [0, 0.1) is 18.8 Å². The highest BCUT2D eigenvalue weighted by Crippen LogP contribution is 2.38. The van der Waals surface area contributed by atoms with Crippen molar-refractivity contribution < 1.29 is 23.9 Å². The maximum Gasteiger partial charge on any atom is 0.339 e. The van der Waals surface area contributed by atoms with E-state index in [1.807, 2.05) is 43.3 Å². The number of hydrogen-bond acceptors (Lipinski definition) is 6. The molecule has 1 fully saturated rings. The summed E-state index contributed by atoms with van der Waals surface area (Å²) < 4.78 is 5.44. The van der Waals surface area contributed by atoms with Gasteiger partial charge in [0.2, 0.25) is 11.8 Å². The Morgan fingerprint density at radius 1 is 0.875 bits per heavy atom. The number of amides is 2. The maximum absolute atomic E-state index is 13.2. The first kappa shape index (κ1) is 25.4. The smallest absolute Gasteiger partial charge is 0.339 e. The van der Waals surface area contributed by atoms with E-state index < -0.39 is 5.97 Å². The fourth-order valence-electron chi connectivity index (χ4n) is 5.41. The second-order valence-electron chi connectivity index (χ2n) is 10.2. The van der Waals surface area contributed by atoms with Crippen molar-refractivity contribution in [2.75, 3.05) is 11.5 Å². The van der Waals surface area contributed by atoms with Crippen molar-refractivity contribution in [1.29, 1.82) is 0 Å². The summed E-state index contributed by atoms with van der Waals surface area (Å²) in [7, 11) is 0. The number of hydrogen-bond donors (Lipinski definition) is 0. The van der Waals surface area contributed by atoms with E-state index in [1.54, 1.807) is 54.6 Å². The maximum atomic E-state index is 13.2. The van der Waals surface area contributed by atoms with Crippen LogP contribution in [-0.2, 0) is 14.3 Å². The van der Waals surface area contributed by atoms with Crippen LogP contribution in [0.5, 0.6) is 0 Å². The number of aromatic nitrogens is 1. The van der Waals surface area contributed by atoms with Crippen LogP contribution in [0.15, 0.2) is 91.0 Å². The summed E-state index contributed by atoms with van der Waals surface area (Å²) in [6, 6.07) is 23.0. The lowest BCUT2D eigenvalue weighted by atomic mass is 9.85. The summed E-state index contributed by atoms with van der Waals surface area (Å²) in [6.07, 6.45) is 5.10. The van der Waals surface area contributed by atoms with Crippen molar-refractivity contribution in [3.8, 4) is 11.3 Å². The molecule has 3 aromatic carbocycles. The number of carbonyl (C=O) groups excluding carboxylic acids is 4. The van der Waals surface area contributed by atoms with Crippen LogP contribution >= 0.6 is 0 Å². The molecule has 0 unspecified atom stereocenters. The summed E-state index contributed by atoms with van der Waals surface area (Å²) in [5.74, 6) is -1.84. The molecule has 2 amide bonds. The van der Waals surface area contributed by atoms with Gasteiger partial charge < -0.3 is 4.74 Å². The Kier molecular flexibility index (Phi) is 6.56. The number of allylic oxidation sites excluding steroid dienone is 2. The molecule has 40 heavy (non-hydrogen) atoms. The van der Waals surface area contributed by atoms with E-state index in [4.69, 9.17) is 9.72 Å². The molecule has 0 radical (unpaired) electrons. The van der Waals surface area contributed by atoms with Gasteiger partial charge in [-0.25, -0.2) is 9.78 Å². The third kappa shape index (κ3) is 4.60. The van der Waals surface area contributed by atoms with Crippen molar-refractivity contribution in [1.82, 2.24) is 4.98 Å². The molecule has 1 aliphatic carbocycles. The van der Waals surface area contributed by atoms with Crippen molar-refractivity contribution >= 4 is 40.2 Å². The van der Waals surface area contributed by atoms with Crippen molar-refractivity contribution in [3.05, 3.63) is 108 Å². The SMILES string of the molecule is Cc1ccc2nc(-c3ccc(N4C(=O)[C@@H]5CC=CC[C@H]5C4=O)cc3)cc(C(=O)OCC(=O)c3ccccc3)c2c1. The first-order valence-corrected chi connectivity index (χ1v) is 13.2. The Morgan fingerprint density at radius 2 is 1.55 bits per heavy atom. The van der Waals surface area contributed by atoms with Gasteiger partial charge in [0, 0.05) is 16.5 Å². The number of imide groups is 1. The minimum atomic E-state index is -0.621. The number of Topliss-reactive ketones (excluding diaryl/α,β-unsaturated/α-hetero) is 1. The number of ether oxygens (including phenoxy) is 1. The lowest BCUT2D eigenvalue weighted by Crippen LogP contribution is -2.30. The molecule has 7 heteroatoms. The van der Waals surface area contributed by atoms with E-state index in [9.17, 15) is 19.2 Å². The highest BCUT2D eigenvalue weighted by atomic mass is 16.5. The van der Waals surface area contributed by atoms with Gasteiger partial charge in [-0.05, 0) is 50.1 Å². The van der Waals surface area contributed by atoms with Gasteiger partial charge in [0.25, 0.3) is 0 Å². The molecule has 0 N–H and O–H groups in total. The molecule has 4 aromatic rings. The summed E-state index contributed by atoms with van der Waals surface area (Å²) in [4.78, 5) is 57.7. The summed E-state index contributed by atoms with van der Waals surface area (Å²) in [5, 5.41) is 0.627. The fraction of sp³-hybridized carbons (Fsp3) is 0.182. The quantitative estimate of drug-likeness (QED) is 0.137. The Hall–Kier alpha value is -4.91. The zero-order chi connectivity index (χ0) is 27.8. The van der Waals surface area contributed by atoms with Crippen molar-refractivity contribution in [3.63, 3.8) is 0 Å². The summed E-state index contributed by atoms with van der Waals surface area (Å²) >= 11 is 0. The first-order chi connectivity index (χ1) is 19.4. The largest absolute Gasteiger partial charge is 0.454 e. The third-order valence-electron chi connectivity index (χ3n) is 7.54. The van der Waals surface area contributed by atoms with E-state index in [0.29, 0.717) is 51.8 Å². The van der Waals surface area contributed by atoms with Crippen LogP contribution in [0.4, 0.5) is 5.69 Å². The lowest BCUT2D eigenvalue weighted by Gasteiger charge is -2.15. The molecule has 0 bridgehead atoms. The molecule has 1 aliphatic heterocycles. The average molecular weight is 531 g/mol. The number of esters is 1. The number of ketones is 1. The Balaban J connectivity index is 1.29. The van der Waals surface area contributed by atoms with Gasteiger partial charge in [-0.3, -0.25) is 19.3 Å². The molecular formula is C33H26N2O5. The number of nitrogens with zero attached hydrogens (tertiary/aromatic N) is 2. The van der Waals surface area contributed by atoms with E-state index in [2.05, 4.69) is 0 Å². The van der Waals surface area contributed by atoms with Crippen molar-refractivity contribution in [2.45, 2.75) is 19.8 Å². The molecule has 1 aromatic heterocycles. The van der Waals surface area contributed by atoms with Crippen LogP contribution in [0.1, 0.15) is 39.1 Å². The Labute approximate surface area is 231 Å². The average Bonchev–Trinajstić information content (AvgIpc) is 3.25. The molecule has 6 rings (SSSR count). The van der Waals surface area contributed by atoms with Gasteiger partial charge in [-0.15, -0.1) is 0 Å². The molecule has 0 spiro atoms. The Bertz CT molecular complexity index is 1670. The van der Waals surface area contributed by atoms with Crippen LogP contribution in [0.3, 0.4) is 0 Å². The van der Waals surface area contributed by atoms with Gasteiger partial charge in [-0.2, -0.15) is 0 Å². The first-order valence-electron chi connectivity index (χ1n) is 13.2. The fourth-order valence-corrected chi connectivity index (χ4v) is 5.41. The number of pyridine rings is 1. The summed E-state index contributed by atoms with van der Waals surface area (Å²) in [6.45, 7) is 1.55. The van der Waals surface area contributed by atoms with E-state index in [1.165, 1.54) is 4.90 Å². The van der Waals surface area contributed by atoms with E-state index >= 15 is 0 Å². The normalized spacial score (nSPS) is 18.2. The molecule has 2 atom stereocenters. The zero-order valence-corrected chi connectivity index (χ0v) is 21.9. The predicted molar refractivity (Wildman–Crippen MR) is 151 cm³/mol. The second-order valence-corrected chi connectivity index (χ2v) is 10.2. The highest BCUT2D eigenvalue weighted by molar-refractivity contribution is 6.22. The van der Waals surface area contributed by atoms with Crippen LogP contribution in [0.2, 0.25) is 0 Å². The number of carbonyl (C=O) groups is 4. The third-order valence-corrected chi connectivity index (χ3v) is 7.54. The number of aryl methyl sites for hydroxylation is 1. The van der Waals surface area contributed by atoms with Crippen LogP contribution in [0.25, 0.3) is 22.2 Å². The molecule has 2 aliphatic rings. The molecular weight excluding hydrogens is 504 g/mol. The summed E-state index contributed by atoms with van der Waals surface area (Å²) in [5.41, 5.74) is 4.09. The number of benzene rings is 3. The monoisotopic (exact) mass is 530 g/mol. The minimum absolute atomic E-state index is 0.165. The van der Waals surface area contributed by atoms with E-state index in [-0.39, 0.29) is 36.0 Å². The number of rotatable bonds is 6. The number of anilines is 1. The van der Waals surface area contributed by atoms with Crippen LogP contribution in [-0.4, -0.2) is 35.2 Å². The molecule has 2 heterocycles. The van der Waals surface area contributed by atoms with Gasteiger partial charge in [0.1, 0.15) is 0 Å². The standard InChI is InChI=1S/C33H26N2O5/c1-20-11-16-28-26(17-20)27(33(39)40-19-30(36)22-7-3-2-4-8-22)18-29(34-28)21-12-14-23(15-13-21)35-31(37)24-9-5-6-10-25(24)32(35)38/h2-8,11-18,24-25H,9-10,19H2,1H3/t24-,25-/m1/s1. The molecule has 198 valence electrons. The van der Waals surface area contributed by atoms with Gasteiger partial charge in [-0.1, -0.05) is 66.2 Å². The van der Waals surface area contributed by atoms with Crippen LogP contribution < -0.4 is 4.90 Å². The zero-order valence-electron chi connectivity index (χ0n) is 21.9.